The molecule has 1 aromatic heterocycles. The van der Waals surface area contributed by atoms with Gasteiger partial charge in [-0.25, -0.2) is 8.42 Å². The van der Waals surface area contributed by atoms with Crippen LogP contribution in [0.25, 0.3) is 10.9 Å². The van der Waals surface area contributed by atoms with E-state index in [2.05, 4.69) is 4.98 Å². The fourth-order valence-electron chi connectivity index (χ4n) is 4.66. The molecule has 1 aliphatic heterocycles. The third kappa shape index (κ3) is 5.48. The molecule has 2 fully saturated rings. The lowest BCUT2D eigenvalue weighted by atomic mass is 9.89. The summed E-state index contributed by atoms with van der Waals surface area (Å²) in [7, 11) is -3.54. The van der Waals surface area contributed by atoms with E-state index in [1.54, 1.807) is 30.3 Å². The van der Waals surface area contributed by atoms with Gasteiger partial charge in [0.1, 0.15) is 12.4 Å². The van der Waals surface area contributed by atoms with E-state index in [0.29, 0.717) is 25.6 Å². The first-order chi connectivity index (χ1) is 16.9. The van der Waals surface area contributed by atoms with Crippen molar-refractivity contribution in [1.29, 1.82) is 0 Å². The Balaban J connectivity index is 1.21. The normalized spacial score (nSPS) is 17.9. The van der Waals surface area contributed by atoms with Crippen molar-refractivity contribution in [3.8, 4) is 5.75 Å². The van der Waals surface area contributed by atoms with Gasteiger partial charge in [-0.3, -0.25) is 4.98 Å². The molecule has 0 N–H and O–H groups in total. The van der Waals surface area contributed by atoms with Crippen LogP contribution in [0, 0.1) is 6.92 Å². The van der Waals surface area contributed by atoms with Gasteiger partial charge in [-0.1, -0.05) is 35.9 Å². The standard InChI is InChI=1S/C28H29NO5S/c1-21-19-23(26-6-2-3-7-27(26)29-21)20-32-24-8-10-25(11-9-24)35(30,31)18-4-5-22-12-14-28(15-13-22)33-16-17-34-28/h2-11,18-19H,12-17,20H2,1H3. The van der Waals surface area contributed by atoms with Crippen LogP contribution in [0.1, 0.15) is 36.9 Å². The maximum atomic E-state index is 12.7. The van der Waals surface area contributed by atoms with Gasteiger partial charge < -0.3 is 14.2 Å². The molecule has 3 aromatic rings. The van der Waals surface area contributed by atoms with E-state index in [9.17, 15) is 8.42 Å². The predicted molar refractivity (Wildman–Crippen MR) is 135 cm³/mol. The number of nitrogens with zero attached hydrogens (tertiary/aromatic N) is 1. The minimum Gasteiger partial charge on any atom is -0.489 e. The van der Waals surface area contributed by atoms with Crippen molar-refractivity contribution >= 4 is 20.7 Å². The average Bonchev–Trinajstić information content (AvgIpc) is 3.32. The number of aromatic nitrogens is 1. The van der Waals surface area contributed by atoms with E-state index < -0.39 is 15.6 Å². The number of sulfone groups is 1. The number of aryl methyl sites for hydroxylation is 1. The lowest BCUT2D eigenvalue weighted by molar-refractivity contribution is -0.171. The van der Waals surface area contributed by atoms with Crippen molar-refractivity contribution in [1.82, 2.24) is 4.98 Å². The number of hydrogen-bond donors (Lipinski definition) is 0. The van der Waals surface area contributed by atoms with Crippen LogP contribution in [-0.2, 0) is 25.9 Å². The van der Waals surface area contributed by atoms with Gasteiger partial charge in [0, 0.05) is 34.9 Å². The van der Waals surface area contributed by atoms with Crippen LogP contribution in [0.5, 0.6) is 5.75 Å². The Kier molecular flexibility index (Phi) is 6.73. The van der Waals surface area contributed by atoms with Gasteiger partial charge in [0.2, 0.25) is 0 Å². The van der Waals surface area contributed by atoms with Crippen LogP contribution in [0.2, 0.25) is 0 Å². The Labute approximate surface area is 206 Å². The highest BCUT2D eigenvalue weighted by atomic mass is 32.2. The average molecular weight is 492 g/mol. The zero-order chi connectivity index (χ0) is 24.3. The Bertz CT molecular complexity index is 1360. The second kappa shape index (κ2) is 9.93. The quantitative estimate of drug-likeness (QED) is 0.443. The van der Waals surface area contributed by atoms with Crippen LogP contribution in [-0.4, -0.2) is 32.4 Å². The third-order valence-corrected chi connectivity index (χ3v) is 7.98. The van der Waals surface area contributed by atoms with E-state index in [-0.39, 0.29) is 4.90 Å². The molecule has 1 spiro atoms. The summed E-state index contributed by atoms with van der Waals surface area (Å²) >= 11 is 0. The Morgan fingerprint density at radius 1 is 1.03 bits per heavy atom. The molecule has 0 bridgehead atoms. The molecule has 1 saturated carbocycles. The Hall–Kier alpha value is -3.00. The minimum absolute atomic E-state index is 0.236. The van der Waals surface area contributed by atoms with Gasteiger partial charge in [-0.2, -0.15) is 0 Å². The van der Waals surface area contributed by atoms with Crippen molar-refractivity contribution in [3.05, 3.63) is 89.0 Å². The third-order valence-electron chi connectivity index (χ3n) is 6.53. The predicted octanol–water partition coefficient (Wildman–Crippen LogP) is 5.65. The van der Waals surface area contributed by atoms with E-state index in [1.165, 1.54) is 11.0 Å². The van der Waals surface area contributed by atoms with Crippen molar-refractivity contribution in [2.75, 3.05) is 13.2 Å². The van der Waals surface area contributed by atoms with E-state index in [0.717, 1.165) is 47.8 Å². The number of ether oxygens (including phenoxy) is 3. The number of rotatable bonds is 6. The van der Waals surface area contributed by atoms with Gasteiger partial charge in [-0.15, -0.1) is 0 Å². The molecule has 7 heteroatoms. The molecular weight excluding hydrogens is 462 g/mol. The van der Waals surface area contributed by atoms with Crippen molar-refractivity contribution < 1.29 is 22.6 Å². The SMILES string of the molecule is Cc1cc(COc2ccc(S(=O)(=O)C=CC=C3CCC4(CC3)OCCO4)cc2)c2ccccc2n1. The van der Waals surface area contributed by atoms with E-state index in [1.807, 2.05) is 43.3 Å². The molecule has 0 amide bonds. The van der Waals surface area contributed by atoms with Gasteiger partial charge in [-0.05, 0) is 56.2 Å². The van der Waals surface area contributed by atoms with E-state index in [4.69, 9.17) is 14.2 Å². The molecule has 182 valence electrons. The summed E-state index contributed by atoms with van der Waals surface area (Å²) in [4.78, 5) is 4.79. The molecule has 6 nitrogen and oxygen atoms in total. The highest BCUT2D eigenvalue weighted by Crippen LogP contribution is 2.38. The number of fused-ring (bicyclic) bond motifs is 1. The van der Waals surface area contributed by atoms with Gasteiger partial charge in [0.25, 0.3) is 0 Å². The second-order valence-corrected chi connectivity index (χ2v) is 10.8. The number of hydrogen-bond acceptors (Lipinski definition) is 6. The van der Waals surface area contributed by atoms with Crippen molar-refractivity contribution in [2.45, 2.75) is 49.9 Å². The topological polar surface area (TPSA) is 74.7 Å². The largest absolute Gasteiger partial charge is 0.489 e. The van der Waals surface area contributed by atoms with Gasteiger partial charge >= 0.3 is 0 Å². The molecule has 2 aliphatic rings. The summed E-state index contributed by atoms with van der Waals surface area (Å²) < 4.78 is 42.9. The monoisotopic (exact) mass is 491 g/mol. The van der Waals surface area contributed by atoms with Crippen LogP contribution < -0.4 is 4.74 Å². The molecular formula is C28H29NO5S. The molecule has 5 rings (SSSR count). The first-order valence-corrected chi connectivity index (χ1v) is 13.4. The van der Waals surface area contributed by atoms with Crippen LogP contribution in [0.15, 0.2) is 82.6 Å². The molecule has 0 atom stereocenters. The summed E-state index contributed by atoms with van der Waals surface area (Å²) in [6.07, 6.45) is 6.86. The summed E-state index contributed by atoms with van der Waals surface area (Å²) in [5, 5.41) is 2.31. The van der Waals surface area contributed by atoms with Crippen LogP contribution in [0.3, 0.4) is 0 Å². The maximum Gasteiger partial charge on any atom is 0.199 e. The highest BCUT2D eigenvalue weighted by Gasteiger charge is 2.38. The summed E-state index contributed by atoms with van der Waals surface area (Å²) in [5.41, 5.74) is 4.12. The zero-order valence-corrected chi connectivity index (χ0v) is 20.6. The molecule has 0 radical (unpaired) electrons. The summed E-state index contributed by atoms with van der Waals surface area (Å²) in [6.45, 7) is 3.64. The number of allylic oxidation sites excluding steroid dienone is 3. The summed E-state index contributed by atoms with van der Waals surface area (Å²) in [5.74, 6) is 0.196. The molecule has 1 saturated heterocycles. The lowest BCUT2D eigenvalue weighted by Crippen LogP contribution is -2.33. The lowest BCUT2D eigenvalue weighted by Gasteiger charge is -2.32. The van der Waals surface area contributed by atoms with E-state index >= 15 is 0 Å². The van der Waals surface area contributed by atoms with Gasteiger partial charge in [0.05, 0.1) is 23.6 Å². The smallest absolute Gasteiger partial charge is 0.199 e. The molecule has 2 aromatic carbocycles. The number of para-hydroxylation sites is 1. The minimum atomic E-state index is -3.54. The first kappa shape index (κ1) is 23.7. The first-order valence-electron chi connectivity index (χ1n) is 11.9. The van der Waals surface area contributed by atoms with Crippen molar-refractivity contribution in [2.24, 2.45) is 0 Å². The van der Waals surface area contributed by atoms with Crippen molar-refractivity contribution in [3.63, 3.8) is 0 Å². The molecule has 0 unspecified atom stereocenters. The number of pyridine rings is 1. The zero-order valence-electron chi connectivity index (χ0n) is 19.8. The molecule has 1 aliphatic carbocycles. The summed E-state index contributed by atoms with van der Waals surface area (Å²) in [6, 6.07) is 16.5. The number of benzene rings is 2. The highest BCUT2D eigenvalue weighted by molar-refractivity contribution is 7.94. The molecule has 35 heavy (non-hydrogen) atoms. The second-order valence-electron chi connectivity index (χ2n) is 9.01. The fraction of sp³-hybridized carbons (Fsp3) is 0.321. The Morgan fingerprint density at radius 2 is 1.74 bits per heavy atom. The van der Waals surface area contributed by atoms with Crippen LogP contribution in [0.4, 0.5) is 0 Å². The Morgan fingerprint density at radius 3 is 2.49 bits per heavy atom. The fourth-order valence-corrected chi connectivity index (χ4v) is 5.62. The van der Waals surface area contributed by atoms with Gasteiger partial charge in [0.15, 0.2) is 15.6 Å². The molecule has 2 heterocycles. The maximum absolute atomic E-state index is 12.7. The van der Waals surface area contributed by atoms with Crippen LogP contribution >= 0.6 is 0 Å².